The van der Waals surface area contributed by atoms with Gasteiger partial charge in [-0.05, 0) is 36.2 Å². The number of nitrogens with zero attached hydrogens (tertiary/aromatic N) is 3. The number of carbonyl (C=O) groups is 2. The molecule has 0 saturated heterocycles. The maximum Gasteiger partial charge on any atom is 0.407 e. The van der Waals surface area contributed by atoms with Crippen molar-refractivity contribution in [2.45, 2.75) is 26.4 Å². The molecule has 0 fully saturated rings. The molecule has 4 rings (SSSR count). The van der Waals surface area contributed by atoms with Crippen molar-refractivity contribution in [3.05, 3.63) is 64.1 Å². The Balaban J connectivity index is 1.71. The minimum Gasteiger partial charge on any atom is -0.465 e. The monoisotopic (exact) mass is 398 g/mol. The molecule has 3 aromatic rings. The topological polar surface area (TPSA) is 87.5 Å². The van der Waals surface area contributed by atoms with Crippen molar-refractivity contribution in [2.75, 3.05) is 6.54 Å². The van der Waals surface area contributed by atoms with E-state index in [0.717, 1.165) is 33.3 Å². The molecular weight excluding hydrogens is 380 g/mol. The lowest BCUT2D eigenvalue weighted by Gasteiger charge is -2.25. The zero-order valence-corrected chi connectivity index (χ0v) is 16.0. The molecule has 0 saturated carbocycles. The molecule has 1 aliphatic rings. The van der Waals surface area contributed by atoms with Crippen LogP contribution in [0.15, 0.2) is 36.5 Å². The van der Waals surface area contributed by atoms with Crippen LogP contribution in [-0.4, -0.2) is 38.2 Å². The van der Waals surface area contributed by atoms with Gasteiger partial charge >= 0.3 is 12.1 Å². The molecule has 0 aliphatic carbocycles. The lowest BCUT2D eigenvalue weighted by atomic mass is 10.0. The molecule has 0 spiro atoms. The van der Waals surface area contributed by atoms with E-state index in [1.54, 1.807) is 22.9 Å². The summed E-state index contributed by atoms with van der Waals surface area (Å²) in [6, 6.07) is 9.16. The van der Waals surface area contributed by atoms with E-state index in [1.807, 2.05) is 25.1 Å². The number of hydrogen-bond acceptors (Lipinski definition) is 3. The van der Waals surface area contributed by atoms with E-state index in [1.165, 1.54) is 4.90 Å². The van der Waals surface area contributed by atoms with Crippen LogP contribution in [-0.2, 0) is 19.5 Å². The summed E-state index contributed by atoms with van der Waals surface area (Å²) in [7, 11) is 0. The van der Waals surface area contributed by atoms with Gasteiger partial charge in [0.2, 0.25) is 0 Å². The second-order valence-electron chi connectivity index (χ2n) is 6.88. The van der Waals surface area contributed by atoms with Crippen molar-refractivity contribution in [1.82, 2.24) is 19.8 Å². The van der Waals surface area contributed by atoms with Crippen molar-refractivity contribution >= 4 is 34.6 Å². The molecule has 0 bridgehead atoms. The van der Waals surface area contributed by atoms with E-state index in [-0.39, 0.29) is 12.6 Å². The first kappa shape index (κ1) is 18.3. The highest BCUT2D eigenvalue weighted by Gasteiger charge is 2.28. The highest BCUT2D eigenvalue weighted by Crippen LogP contribution is 2.31. The number of aromatic nitrogens is 2. The van der Waals surface area contributed by atoms with Gasteiger partial charge in [-0.15, -0.1) is 0 Å². The van der Waals surface area contributed by atoms with E-state index >= 15 is 0 Å². The average molecular weight is 399 g/mol. The number of carbonyl (C=O) groups excluding carboxylic acids is 1. The minimum absolute atomic E-state index is 0.242. The number of rotatable bonds is 2. The number of amides is 2. The second-order valence-corrected chi connectivity index (χ2v) is 7.27. The predicted octanol–water partition coefficient (Wildman–Crippen LogP) is 3.79. The molecule has 28 heavy (non-hydrogen) atoms. The first-order valence-corrected chi connectivity index (χ1v) is 9.31. The third-order valence-corrected chi connectivity index (χ3v) is 5.22. The zero-order valence-electron chi connectivity index (χ0n) is 15.3. The van der Waals surface area contributed by atoms with Gasteiger partial charge in [0.25, 0.3) is 0 Å². The van der Waals surface area contributed by atoms with Crippen LogP contribution >= 0.6 is 11.6 Å². The molecule has 2 amide bonds. The van der Waals surface area contributed by atoms with Crippen molar-refractivity contribution in [3.63, 3.8) is 0 Å². The molecule has 1 aromatic carbocycles. The van der Waals surface area contributed by atoms with Gasteiger partial charge in [0.05, 0.1) is 12.1 Å². The first-order chi connectivity index (χ1) is 13.4. The van der Waals surface area contributed by atoms with Gasteiger partial charge in [-0.1, -0.05) is 23.7 Å². The molecule has 3 heterocycles. The molecule has 0 unspecified atom stereocenters. The lowest BCUT2D eigenvalue weighted by Crippen LogP contribution is -2.37. The standard InChI is InChI=1S/C20H19ClN4O3/c1-12-2-3-14-15-11-24(20(27)28)7-5-16(15)25(17(14)8-12)19(26)23-10-13-4-6-22-18(21)9-13/h2-4,6,8-9H,5,7,10-11H2,1H3,(H,23,26)(H,27,28). The van der Waals surface area contributed by atoms with Gasteiger partial charge in [0.15, 0.2) is 0 Å². The van der Waals surface area contributed by atoms with Gasteiger partial charge in [-0.3, -0.25) is 4.57 Å². The van der Waals surface area contributed by atoms with Crippen LogP contribution in [0.1, 0.15) is 22.4 Å². The number of nitrogens with one attached hydrogen (secondary N) is 1. The third kappa shape index (κ3) is 3.29. The summed E-state index contributed by atoms with van der Waals surface area (Å²) in [5.74, 6) is 0. The van der Waals surface area contributed by atoms with Crippen LogP contribution in [0.2, 0.25) is 5.15 Å². The summed E-state index contributed by atoms with van der Waals surface area (Å²) in [6.45, 7) is 2.94. The average Bonchev–Trinajstić information content (AvgIpc) is 2.98. The van der Waals surface area contributed by atoms with Crippen molar-refractivity contribution in [1.29, 1.82) is 0 Å². The third-order valence-electron chi connectivity index (χ3n) is 5.01. The van der Waals surface area contributed by atoms with Gasteiger partial charge in [0.1, 0.15) is 5.15 Å². The largest absolute Gasteiger partial charge is 0.465 e. The summed E-state index contributed by atoms with van der Waals surface area (Å²) in [5.41, 5.74) is 4.44. The van der Waals surface area contributed by atoms with E-state index in [2.05, 4.69) is 10.3 Å². The molecule has 0 radical (unpaired) electrons. The summed E-state index contributed by atoms with van der Waals surface area (Å²) < 4.78 is 1.68. The van der Waals surface area contributed by atoms with Crippen LogP contribution in [0.4, 0.5) is 9.59 Å². The first-order valence-electron chi connectivity index (χ1n) is 8.93. The fraction of sp³-hybridized carbons (Fsp3) is 0.250. The Kier molecular flexibility index (Phi) is 4.68. The van der Waals surface area contributed by atoms with E-state index in [4.69, 9.17) is 11.6 Å². The van der Waals surface area contributed by atoms with Gasteiger partial charge < -0.3 is 15.3 Å². The van der Waals surface area contributed by atoms with Crippen molar-refractivity contribution < 1.29 is 14.7 Å². The normalized spacial score (nSPS) is 13.4. The zero-order chi connectivity index (χ0) is 19.8. The van der Waals surface area contributed by atoms with Gasteiger partial charge in [0, 0.05) is 42.4 Å². The number of halogens is 1. The maximum absolute atomic E-state index is 13.1. The van der Waals surface area contributed by atoms with Crippen LogP contribution in [0.3, 0.4) is 0 Å². The highest BCUT2D eigenvalue weighted by molar-refractivity contribution is 6.29. The quantitative estimate of drug-likeness (QED) is 0.643. The number of fused-ring (bicyclic) bond motifs is 3. The van der Waals surface area contributed by atoms with Crippen LogP contribution in [0, 0.1) is 6.92 Å². The summed E-state index contributed by atoms with van der Waals surface area (Å²) in [6.07, 6.45) is 1.14. The molecule has 0 atom stereocenters. The van der Waals surface area contributed by atoms with E-state index < -0.39 is 6.09 Å². The summed E-state index contributed by atoms with van der Waals surface area (Å²) >= 11 is 5.91. The fourth-order valence-corrected chi connectivity index (χ4v) is 3.87. The summed E-state index contributed by atoms with van der Waals surface area (Å²) in [4.78, 5) is 29.8. The smallest absolute Gasteiger partial charge is 0.407 e. The Morgan fingerprint density at radius 2 is 2.11 bits per heavy atom. The molecular formula is C20H19ClN4O3. The summed E-state index contributed by atoms with van der Waals surface area (Å²) in [5, 5.41) is 13.6. The number of aryl methyl sites for hydroxylation is 1. The van der Waals surface area contributed by atoms with Gasteiger partial charge in [-0.2, -0.15) is 0 Å². The predicted molar refractivity (Wildman–Crippen MR) is 106 cm³/mol. The maximum atomic E-state index is 13.1. The number of carboxylic acid groups (broad SMARTS) is 1. The lowest BCUT2D eigenvalue weighted by molar-refractivity contribution is 0.140. The van der Waals surface area contributed by atoms with Gasteiger partial charge in [-0.25, -0.2) is 14.6 Å². The van der Waals surface area contributed by atoms with Crippen LogP contribution in [0.5, 0.6) is 0 Å². The van der Waals surface area contributed by atoms with Crippen molar-refractivity contribution in [3.8, 4) is 0 Å². The van der Waals surface area contributed by atoms with Crippen LogP contribution < -0.4 is 5.32 Å². The molecule has 2 aromatic heterocycles. The Labute approximate surface area is 166 Å². The molecule has 8 heteroatoms. The molecule has 2 N–H and O–H groups in total. The second kappa shape index (κ2) is 7.16. The SMILES string of the molecule is Cc1ccc2c3c(n(C(=O)NCc4ccnc(Cl)c4)c2c1)CCN(C(=O)O)C3. The number of benzene rings is 1. The molecule has 1 aliphatic heterocycles. The molecule has 144 valence electrons. The fourth-order valence-electron chi connectivity index (χ4n) is 3.67. The van der Waals surface area contributed by atoms with Crippen LogP contribution in [0.25, 0.3) is 10.9 Å². The Morgan fingerprint density at radius 3 is 2.86 bits per heavy atom. The number of pyridine rings is 1. The Bertz CT molecular complexity index is 1090. The Hall–Kier alpha value is -3.06. The highest BCUT2D eigenvalue weighted by atomic mass is 35.5. The van der Waals surface area contributed by atoms with E-state index in [0.29, 0.717) is 24.7 Å². The molecule has 7 nitrogen and oxygen atoms in total. The van der Waals surface area contributed by atoms with Crippen molar-refractivity contribution in [2.24, 2.45) is 0 Å². The minimum atomic E-state index is -0.947. The number of hydrogen-bond donors (Lipinski definition) is 2. The van der Waals surface area contributed by atoms with E-state index in [9.17, 15) is 14.7 Å². The Morgan fingerprint density at radius 1 is 1.29 bits per heavy atom.